The van der Waals surface area contributed by atoms with Crippen LogP contribution in [0.5, 0.6) is 0 Å². The number of aliphatic hydroxyl groups is 1. The number of pyridine rings is 1. The second-order valence-electron chi connectivity index (χ2n) is 2.35. The molecular weight excluding hydrogens is 190 g/mol. The molecule has 0 aliphatic carbocycles. The van der Waals surface area contributed by atoms with Crippen LogP contribution in [-0.2, 0) is 0 Å². The summed E-state index contributed by atoms with van der Waals surface area (Å²) in [4.78, 5) is 3.10. The molecule has 1 aromatic heterocycles. The molecule has 0 amide bonds. The normalized spacial score (nSPS) is 14.2. The lowest BCUT2D eigenvalue weighted by Gasteiger charge is -2.13. The van der Waals surface area contributed by atoms with E-state index in [1.165, 1.54) is 0 Å². The molecule has 2 nitrogen and oxygen atoms in total. The second-order valence-corrected chi connectivity index (χ2v) is 2.35. The molecule has 72 valence electrons. The quantitative estimate of drug-likeness (QED) is 0.693. The van der Waals surface area contributed by atoms with Crippen LogP contribution in [0, 0.1) is 5.82 Å². The van der Waals surface area contributed by atoms with Gasteiger partial charge >= 0.3 is 6.18 Å². The Balaban J connectivity index is 2.90. The van der Waals surface area contributed by atoms with Crippen molar-refractivity contribution in [3.05, 3.63) is 29.8 Å². The predicted molar refractivity (Wildman–Crippen MR) is 35.2 cm³/mol. The van der Waals surface area contributed by atoms with Gasteiger partial charge in [-0.05, 0) is 12.1 Å². The van der Waals surface area contributed by atoms with Gasteiger partial charge in [-0.3, -0.25) is 4.98 Å². The maximum atomic E-state index is 12.2. The standard InChI is InChI=1S/C7H5F4NO/c8-4-1-2-5(12-3-4)6(13)7(9,10)11/h1-3,6,13H/t6-/m0/s1. The van der Waals surface area contributed by atoms with Crippen LogP contribution in [0.2, 0.25) is 0 Å². The topological polar surface area (TPSA) is 33.1 Å². The van der Waals surface area contributed by atoms with Crippen LogP contribution >= 0.6 is 0 Å². The van der Waals surface area contributed by atoms with Crippen molar-refractivity contribution in [1.82, 2.24) is 4.98 Å². The van der Waals surface area contributed by atoms with Crippen LogP contribution in [0.15, 0.2) is 18.3 Å². The molecule has 0 saturated heterocycles. The van der Waals surface area contributed by atoms with Gasteiger partial charge in [-0.2, -0.15) is 13.2 Å². The van der Waals surface area contributed by atoms with E-state index in [9.17, 15) is 17.6 Å². The van der Waals surface area contributed by atoms with Crippen molar-refractivity contribution in [3.8, 4) is 0 Å². The zero-order chi connectivity index (χ0) is 10.1. The largest absolute Gasteiger partial charge is 0.420 e. The number of aliphatic hydroxyl groups excluding tert-OH is 1. The molecule has 0 aliphatic rings. The lowest BCUT2D eigenvalue weighted by Crippen LogP contribution is -2.21. The fraction of sp³-hybridized carbons (Fsp3) is 0.286. The Kier molecular flexibility index (Phi) is 2.51. The number of rotatable bonds is 1. The Bertz CT molecular complexity index is 282. The molecule has 1 aromatic rings. The fourth-order valence-electron chi connectivity index (χ4n) is 0.717. The molecule has 0 spiro atoms. The summed E-state index contributed by atoms with van der Waals surface area (Å²) in [5, 5.41) is 8.64. The van der Waals surface area contributed by atoms with Crippen LogP contribution in [-0.4, -0.2) is 16.3 Å². The lowest BCUT2D eigenvalue weighted by atomic mass is 10.2. The highest BCUT2D eigenvalue weighted by Crippen LogP contribution is 2.30. The molecule has 1 atom stereocenters. The Labute approximate surface area is 70.8 Å². The molecule has 0 aliphatic heterocycles. The highest BCUT2D eigenvalue weighted by Gasteiger charge is 2.40. The Morgan fingerprint density at radius 2 is 1.92 bits per heavy atom. The van der Waals surface area contributed by atoms with Crippen LogP contribution in [0.25, 0.3) is 0 Å². The SMILES string of the molecule is O[C@@H](c1ccc(F)cn1)C(F)(F)F. The average molecular weight is 195 g/mol. The number of halogens is 4. The highest BCUT2D eigenvalue weighted by molar-refractivity contribution is 5.09. The van der Waals surface area contributed by atoms with Crippen molar-refractivity contribution >= 4 is 0 Å². The first-order chi connectivity index (χ1) is 5.91. The molecule has 1 heterocycles. The Morgan fingerprint density at radius 1 is 1.31 bits per heavy atom. The van der Waals surface area contributed by atoms with E-state index in [0.29, 0.717) is 6.20 Å². The average Bonchev–Trinajstić information content (AvgIpc) is 2.03. The monoisotopic (exact) mass is 195 g/mol. The summed E-state index contributed by atoms with van der Waals surface area (Å²) in [6.07, 6.45) is -6.82. The molecule has 0 radical (unpaired) electrons. The van der Waals surface area contributed by atoms with Crippen LogP contribution < -0.4 is 0 Å². The minimum atomic E-state index is -4.77. The lowest BCUT2D eigenvalue weighted by molar-refractivity contribution is -0.208. The first-order valence-corrected chi connectivity index (χ1v) is 3.27. The summed E-state index contributed by atoms with van der Waals surface area (Å²) < 4.78 is 47.8. The maximum absolute atomic E-state index is 12.2. The molecule has 0 bridgehead atoms. The van der Waals surface area contributed by atoms with E-state index in [2.05, 4.69) is 4.98 Å². The second kappa shape index (κ2) is 3.29. The first-order valence-electron chi connectivity index (χ1n) is 3.27. The van der Waals surface area contributed by atoms with Crippen molar-refractivity contribution in [2.24, 2.45) is 0 Å². The molecule has 0 aromatic carbocycles. The smallest absolute Gasteiger partial charge is 0.378 e. The Morgan fingerprint density at radius 3 is 2.31 bits per heavy atom. The first kappa shape index (κ1) is 9.91. The van der Waals surface area contributed by atoms with Gasteiger partial charge in [-0.25, -0.2) is 4.39 Å². The summed E-state index contributed by atoms with van der Waals surface area (Å²) in [7, 11) is 0. The number of aromatic nitrogens is 1. The molecule has 0 saturated carbocycles. The summed E-state index contributed by atoms with van der Waals surface area (Å²) in [6.45, 7) is 0. The minimum Gasteiger partial charge on any atom is -0.378 e. The van der Waals surface area contributed by atoms with E-state index in [4.69, 9.17) is 5.11 Å². The zero-order valence-electron chi connectivity index (χ0n) is 6.22. The van der Waals surface area contributed by atoms with Crippen LogP contribution in [0.4, 0.5) is 17.6 Å². The van der Waals surface area contributed by atoms with E-state index in [0.717, 1.165) is 12.1 Å². The highest BCUT2D eigenvalue weighted by atomic mass is 19.4. The third-order valence-electron chi connectivity index (χ3n) is 1.34. The van der Waals surface area contributed by atoms with Gasteiger partial charge in [0.2, 0.25) is 0 Å². The van der Waals surface area contributed by atoms with Gasteiger partial charge in [0.25, 0.3) is 0 Å². The van der Waals surface area contributed by atoms with Gasteiger partial charge in [0, 0.05) is 0 Å². The third-order valence-corrected chi connectivity index (χ3v) is 1.34. The molecule has 0 unspecified atom stereocenters. The van der Waals surface area contributed by atoms with E-state index >= 15 is 0 Å². The summed E-state index contributed by atoms with van der Waals surface area (Å²) in [5.74, 6) is -0.752. The van der Waals surface area contributed by atoms with Crippen LogP contribution in [0.3, 0.4) is 0 Å². The fourth-order valence-corrected chi connectivity index (χ4v) is 0.717. The Hall–Kier alpha value is -1.17. The molecule has 13 heavy (non-hydrogen) atoms. The van der Waals surface area contributed by atoms with Gasteiger partial charge in [-0.15, -0.1) is 0 Å². The maximum Gasteiger partial charge on any atom is 0.420 e. The van der Waals surface area contributed by atoms with Gasteiger partial charge < -0.3 is 5.11 Å². The van der Waals surface area contributed by atoms with E-state index < -0.39 is 23.8 Å². The zero-order valence-corrected chi connectivity index (χ0v) is 6.22. The van der Waals surface area contributed by atoms with E-state index in [1.807, 2.05) is 0 Å². The van der Waals surface area contributed by atoms with E-state index in [-0.39, 0.29) is 0 Å². The molecule has 6 heteroatoms. The number of alkyl halides is 3. The van der Waals surface area contributed by atoms with Gasteiger partial charge in [0.1, 0.15) is 5.82 Å². The summed E-state index contributed by atoms with van der Waals surface area (Å²) in [5.41, 5.74) is -0.617. The van der Waals surface area contributed by atoms with Crippen LogP contribution in [0.1, 0.15) is 11.8 Å². The van der Waals surface area contributed by atoms with Crippen molar-refractivity contribution in [2.45, 2.75) is 12.3 Å². The summed E-state index contributed by atoms with van der Waals surface area (Å²) in [6, 6.07) is 1.59. The van der Waals surface area contributed by atoms with Crippen molar-refractivity contribution < 1.29 is 22.7 Å². The van der Waals surface area contributed by atoms with Gasteiger partial charge in [0.15, 0.2) is 6.10 Å². The molecule has 0 fully saturated rings. The molecule has 1 rings (SSSR count). The van der Waals surface area contributed by atoms with Crippen molar-refractivity contribution in [2.75, 3.05) is 0 Å². The predicted octanol–water partition coefficient (Wildman–Crippen LogP) is 1.82. The number of hydrogen-bond acceptors (Lipinski definition) is 2. The minimum absolute atomic E-state index is 0.615. The number of nitrogens with zero attached hydrogens (tertiary/aromatic N) is 1. The molecule has 1 N–H and O–H groups in total. The third kappa shape index (κ3) is 2.38. The van der Waals surface area contributed by atoms with Gasteiger partial charge in [0.05, 0.1) is 11.9 Å². The number of hydrogen-bond donors (Lipinski definition) is 1. The van der Waals surface area contributed by atoms with Crippen molar-refractivity contribution in [1.29, 1.82) is 0 Å². The summed E-state index contributed by atoms with van der Waals surface area (Å²) >= 11 is 0. The van der Waals surface area contributed by atoms with E-state index in [1.54, 1.807) is 0 Å². The van der Waals surface area contributed by atoms with Crippen molar-refractivity contribution in [3.63, 3.8) is 0 Å². The van der Waals surface area contributed by atoms with Gasteiger partial charge in [-0.1, -0.05) is 0 Å². The molecular formula is C7H5F4NO.